The first-order valence-corrected chi connectivity index (χ1v) is 6.18. The normalized spacial score (nSPS) is 18.6. The van der Waals surface area contributed by atoms with Gasteiger partial charge >= 0.3 is 5.97 Å². The Morgan fingerprint density at radius 3 is 2.56 bits per heavy atom. The van der Waals surface area contributed by atoms with Crippen molar-refractivity contribution in [1.82, 2.24) is 0 Å². The quantitative estimate of drug-likeness (QED) is 0.532. The minimum absolute atomic E-state index is 0.190. The lowest BCUT2D eigenvalue weighted by Crippen LogP contribution is -2.39. The topological polar surface area (TPSA) is 61.5 Å². The van der Waals surface area contributed by atoms with Crippen LogP contribution in [0.25, 0.3) is 0 Å². The molecule has 1 aliphatic carbocycles. The van der Waals surface area contributed by atoms with E-state index in [1.807, 2.05) is 6.92 Å². The van der Waals surface area contributed by atoms with Gasteiger partial charge < -0.3 is 15.2 Å². The van der Waals surface area contributed by atoms with E-state index in [2.05, 4.69) is 0 Å². The molecule has 0 radical (unpaired) electrons. The molecule has 0 aliphatic heterocycles. The second kappa shape index (κ2) is 6.86. The molecule has 0 spiro atoms. The molecule has 0 saturated heterocycles. The zero-order chi connectivity index (χ0) is 11.9. The number of nitrogens with two attached hydrogens (primary N) is 1. The molecule has 1 aliphatic rings. The average molecular weight is 229 g/mol. The van der Waals surface area contributed by atoms with Crippen LogP contribution in [0.1, 0.15) is 45.4 Å². The van der Waals surface area contributed by atoms with Crippen LogP contribution >= 0.6 is 0 Å². The van der Waals surface area contributed by atoms with Gasteiger partial charge in [-0.3, -0.25) is 4.79 Å². The largest absolute Gasteiger partial charge is 0.463 e. The second-order valence-electron chi connectivity index (χ2n) is 4.58. The van der Waals surface area contributed by atoms with E-state index in [0.29, 0.717) is 19.6 Å². The first-order chi connectivity index (χ1) is 7.66. The number of hydrogen-bond acceptors (Lipinski definition) is 4. The molecule has 0 atom stereocenters. The summed E-state index contributed by atoms with van der Waals surface area (Å²) in [4.78, 5) is 11.5. The molecule has 0 aromatic rings. The highest BCUT2D eigenvalue weighted by Gasteiger charge is 2.32. The summed E-state index contributed by atoms with van der Waals surface area (Å²) in [6.45, 7) is 3.59. The van der Waals surface area contributed by atoms with E-state index in [-0.39, 0.29) is 11.5 Å². The van der Waals surface area contributed by atoms with Crippen molar-refractivity contribution >= 4 is 5.97 Å². The third-order valence-electron chi connectivity index (χ3n) is 2.93. The Morgan fingerprint density at radius 1 is 1.25 bits per heavy atom. The lowest BCUT2D eigenvalue weighted by Gasteiger charge is -2.21. The van der Waals surface area contributed by atoms with Crippen LogP contribution in [-0.2, 0) is 14.3 Å². The van der Waals surface area contributed by atoms with Gasteiger partial charge in [-0.15, -0.1) is 0 Å². The van der Waals surface area contributed by atoms with Gasteiger partial charge in [0.15, 0.2) is 0 Å². The van der Waals surface area contributed by atoms with E-state index in [1.54, 1.807) is 0 Å². The Kier molecular flexibility index (Phi) is 5.77. The molecule has 0 unspecified atom stereocenters. The fourth-order valence-electron chi connectivity index (χ4n) is 2.06. The lowest BCUT2D eigenvalue weighted by molar-refractivity contribution is -0.146. The van der Waals surface area contributed by atoms with Crippen molar-refractivity contribution in [2.24, 2.45) is 5.73 Å². The monoisotopic (exact) mass is 229 g/mol. The van der Waals surface area contributed by atoms with Gasteiger partial charge in [0.05, 0.1) is 13.0 Å². The van der Waals surface area contributed by atoms with Gasteiger partial charge in [-0.25, -0.2) is 0 Å². The molecule has 0 amide bonds. The Morgan fingerprint density at radius 2 is 1.94 bits per heavy atom. The standard InChI is InChI=1S/C12H23NO3/c1-2-7-15-8-9-16-11(14)10-12(13)5-3-4-6-12/h2-10,13H2,1H3. The molecule has 0 heterocycles. The number of carbonyl (C=O) groups excluding carboxylic acids is 1. The van der Waals surface area contributed by atoms with Crippen LogP contribution in [0.3, 0.4) is 0 Å². The molecule has 0 bridgehead atoms. The van der Waals surface area contributed by atoms with E-state index in [1.165, 1.54) is 0 Å². The summed E-state index contributed by atoms with van der Waals surface area (Å²) in [6.07, 6.45) is 5.47. The molecular weight excluding hydrogens is 206 g/mol. The number of hydrogen-bond donors (Lipinski definition) is 1. The SMILES string of the molecule is CCCOCCOC(=O)CC1(N)CCCC1. The van der Waals surface area contributed by atoms with Gasteiger partial charge in [0, 0.05) is 12.1 Å². The van der Waals surface area contributed by atoms with E-state index >= 15 is 0 Å². The maximum Gasteiger partial charge on any atom is 0.307 e. The fraction of sp³-hybridized carbons (Fsp3) is 0.917. The molecule has 2 N–H and O–H groups in total. The van der Waals surface area contributed by atoms with Gasteiger partial charge in [0.25, 0.3) is 0 Å². The summed E-state index contributed by atoms with van der Waals surface area (Å²) in [5.41, 5.74) is 5.78. The highest BCUT2D eigenvalue weighted by atomic mass is 16.6. The Hall–Kier alpha value is -0.610. The van der Waals surface area contributed by atoms with Crippen LogP contribution < -0.4 is 5.73 Å². The van der Waals surface area contributed by atoms with E-state index < -0.39 is 0 Å². The highest BCUT2D eigenvalue weighted by molar-refractivity contribution is 5.70. The molecule has 0 aromatic carbocycles. The van der Waals surface area contributed by atoms with Gasteiger partial charge in [0.2, 0.25) is 0 Å². The second-order valence-corrected chi connectivity index (χ2v) is 4.58. The summed E-state index contributed by atoms with van der Waals surface area (Å²) in [6, 6.07) is 0. The summed E-state index contributed by atoms with van der Waals surface area (Å²) < 4.78 is 10.3. The minimum Gasteiger partial charge on any atom is -0.463 e. The highest BCUT2D eigenvalue weighted by Crippen LogP contribution is 2.30. The van der Waals surface area contributed by atoms with Gasteiger partial charge in [-0.2, -0.15) is 0 Å². The average Bonchev–Trinajstić information content (AvgIpc) is 2.64. The predicted octanol–water partition coefficient (Wildman–Crippen LogP) is 1.62. The van der Waals surface area contributed by atoms with Crippen LogP contribution in [0.15, 0.2) is 0 Å². The molecular formula is C12H23NO3. The van der Waals surface area contributed by atoms with E-state index in [9.17, 15) is 4.79 Å². The summed E-state index contributed by atoms with van der Waals surface area (Å²) in [5, 5.41) is 0. The maximum atomic E-state index is 11.5. The van der Waals surface area contributed by atoms with Crippen LogP contribution in [-0.4, -0.2) is 31.3 Å². The number of ether oxygens (including phenoxy) is 2. The van der Waals surface area contributed by atoms with Crippen LogP contribution in [0.2, 0.25) is 0 Å². The fourth-order valence-corrected chi connectivity index (χ4v) is 2.06. The number of rotatable bonds is 7. The molecule has 0 aromatic heterocycles. The van der Waals surface area contributed by atoms with Crippen LogP contribution in [0, 0.1) is 0 Å². The van der Waals surface area contributed by atoms with Gasteiger partial charge in [0.1, 0.15) is 6.61 Å². The van der Waals surface area contributed by atoms with Crippen LogP contribution in [0.4, 0.5) is 0 Å². The maximum absolute atomic E-state index is 11.5. The summed E-state index contributed by atoms with van der Waals surface area (Å²) in [5.74, 6) is -0.190. The van der Waals surface area contributed by atoms with Crippen molar-refractivity contribution in [1.29, 1.82) is 0 Å². The lowest BCUT2D eigenvalue weighted by atomic mass is 9.95. The number of esters is 1. The van der Waals surface area contributed by atoms with Crippen molar-refractivity contribution in [3.05, 3.63) is 0 Å². The summed E-state index contributed by atoms with van der Waals surface area (Å²) in [7, 11) is 0. The number of carbonyl (C=O) groups is 1. The molecule has 1 rings (SSSR count). The first-order valence-electron chi connectivity index (χ1n) is 6.18. The van der Waals surface area contributed by atoms with Crippen LogP contribution in [0.5, 0.6) is 0 Å². The smallest absolute Gasteiger partial charge is 0.307 e. The molecule has 94 valence electrons. The Labute approximate surface area is 97.5 Å². The zero-order valence-corrected chi connectivity index (χ0v) is 10.2. The van der Waals surface area contributed by atoms with Crippen molar-refractivity contribution in [3.8, 4) is 0 Å². The third-order valence-corrected chi connectivity index (χ3v) is 2.93. The first kappa shape index (κ1) is 13.5. The summed E-state index contributed by atoms with van der Waals surface area (Å²) >= 11 is 0. The van der Waals surface area contributed by atoms with E-state index in [0.717, 1.165) is 38.7 Å². The molecule has 4 heteroatoms. The Bertz CT molecular complexity index is 212. The molecule has 1 saturated carbocycles. The third kappa shape index (κ3) is 4.94. The van der Waals surface area contributed by atoms with Crippen molar-refractivity contribution < 1.29 is 14.3 Å². The van der Waals surface area contributed by atoms with Crippen molar-refractivity contribution in [3.63, 3.8) is 0 Å². The van der Waals surface area contributed by atoms with Gasteiger partial charge in [-0.05, 0) is 19.3 Å². The zero-order valence-electron chi connectivity index (χ0n) is 10.2. The molecule has 16 heavy (non-hydrogen) atoms. The minimum atomic E-state index is -0.304. The predicted molar refractivity (Wildman–Crippen MR) is 62.1 cm³/mol. The van der Waals surface area contributed by atoms with Crippen molar-refractivity contribution in [2.75, 3.05) is 19.8 Å². The van der Waals surface area contributed by atoms with E-state index in [4.69, 9.17) is 15.2 Å². The Balaban J connectivity index is 2.06. The molecule has 4 nitrogen and oxygen atoms in total. The van der Waals surface area contributed by atoms with Crippen molar-refractivity contribution in [2.45, 2.75) is 51.0 Å². The molecule has 1 fully saturated rings. The van der Waals surface area contributed by atoms with Gasteiger partial charge in [-0.1, -0.05) is 19.8 Å².